The number of halogens is 2. The number of H-pyrrole nitrogens is 1. The van der Waals surface area contributed by atoms with E-state index in [9.17, 15) is 18.4 Å². The first-order valence-corrected chi connectivity index (χ1v) is 13.7. The number of nitrogens with one attached hydrogen (secondary N) is 4. The fourth-order valence-corrected chi connectivity index (χ4v) is 4.49. The van der Waals surface area contributed by atoms with Gasteiger partial charge in [0.05, 0.1) is 6.20 Å². The molecule has 2 amide bonds. The molecule has 1 heterocycles. The highest BCUT2D eigenvalue weighted by Gasteiger charge is 2.31. The fraction of sp³-hybridized carbons (Fsp3) is 0.467. The molecule has 1 unspecified atom stereocenters. The Morgan fingerprint density at radius 2 is 1.85 bits per heavy atom. The summed E-state index contributed by atoms with van der Waals surface area (Å²) in [5.74, 6) is -0.841. The number of anilines is 1. The molecule has 0 spiro atoms. The van der Waals surface area contributed by atoms with Crippen LogP contribution in [0, 0.1) is 18.6 Å². The van der Waals surface area contributed by atoms with Gasteiger partial charge in [-0.25, -0.2) is 8.78 Å². The van der Waals surface area contributed by atoms with Crippen molar-refractivity contribution in [3.8, 4) is 0 Å². The lowest BCUT2D eigenvalue weighted by atomic mass is 9.88. The largest absolute Gasteiger partial charge is 0.350 e. The van der Waals surface area contributed by atoms with Gasteiger partial charge in [0.1, 0.15) is 23.0 Å². The molecule has 0 saturated heterocycles. The molecule has 1 aliphatic rings. The zero-order valence-corrected chi connectivity index (χ0v) is 23.6. The number of aromatic amines is 1. The summed E-state index contributed by atoms with van der Waals surface area (Å²) in [6.45, 7) is 10.7. The summed E-state index contributed by atoms with van der Waals surface area (Å²) in [5, 5.41) is 12.1. The highest BCUT2D eigenvalue weighted by molar-refractivity contribution is 5.90. The molecular formula is C30H41F2N5O2. The second kappa shape index (κ2) is 13.6. The van der Waals surface area contributed by atoms with Crippen LogP contribution >= 0.6 is 0 Å². The van der Waals surface area contributed by atoms with Gasteiger partial charge in [-0.15, -0.1) is 0 Å². The molecule has 4 N–H and O–H groups in total. The third-order valence-corrected chi connectivity index (χ3v) is 6.88. The first kappa shape index (κ1) is 30.1. The van der Waals surface area contributed by atoms with E-state index in [1.54, 1.807) is 24.7 Å². The summed E-state index contributed by atoms with van der Waals surface area (Å²) in [6.07, 6.45) is 5.04. The van der Waals surface area contributed by atoms with Crippen LogP contribution in [0.3, 0.4) is 0 Å². The predicted octanol–water partition coefficient (Wildman–Crippen LogP) is 5.35. The van der Waals surface area contributed by atoms with E-state index >= 15 is 0 Å². The molecule has 1 aliphatic carbocycles. The van der Waals surface area contributed by atoms with E-state index in [1.807, 2.05) is 31.2 Å². The minimum absolute atomic E-state index is 0.0424. The first-order valence-electron chi connectivity index (χ1n) is 13.7. The zero-order valence-electron chi connectivity index (χ0n) is 23.6. The number of hydrogen-bond acceptors (Lipinski definition) is 3. The van der Waals surface area contributed by atoms with Gasteiger partial charge in [0.2, 0.25) is 11.8 Å². The number of rotatable bonds is 9. The molecule has 2 aromatic carbocycles. The van der Waals surface area contributed by atoms with E-state index in [1.165, 1.54) is 12.5 Å². The molecule has 0 bridgehead atoms. The Morgan fingerprint density at radius 3 is 2.54 bits per heavy atom. The number of carbonyl (C=O) groups is 2. The number of amides is 2. The molecule has 4 rings (SSSR count). The third-order valence-electron chi connectivity index (χ3n) is 6.88. The van der Waals surface area contributed by atoms with Crippen molar-refractivity contribution in [3.05, 3.63) is 76.5 Å². The number of fused-ring (bicyclic) bond motifs is 1. The summed E-state index contributed by atoms with van der Waals surface area (Å²) >= 11 is 0. The number of aryl methyl sites for hydroxylation is 2. The lowest BCUT2D eigenvalue weighted by Gasteiger charge is -2.30. The Balaban J connectivity index is 0.00000134. The predicted molar refractivity (Wildman–Crippen MR) is 151 cm³/mol. The number of aromatic nitrogens is 2. The molecule has 0 radical (unpaired) electrons. The maximum absolute atomic E-state index is 14.1. The average molecular weight is 542 g/mol. The van der Waals surface area contributed by atoms with Gasteiger partial charge in [0.25, 0.3) is 0 Å². The summed E-state index contributed by atoms with van der Waals surface area (Å²) in [4.78, 5) is 25.1. The van der Waals surface area contributed by atoms with Crippen molar-refractivity contribution >= 4 is 17.6 Å². The second-order valence-electron chi connectivity index (χ2n) is 10.6. The van der Waals surface area contributed by atoms with Crippen molar-refractivity contribution in [3.63, 3.8) is 0 Å². The highest BCUT2D eigenvalue weighted by atomic mass is 19.1. The van der Waals surface area contributed by atoms with Crippen molar-refractivity contribution in [1.29, 1.82) is 0 Å². The number of benzene rings is 2. The minimum atomic E-state index is -0.853. The maximum Gasteiger partial charge on any atom is 0.247 e. The van der Waals surface area contributed by atoms with Crippen LogP contribution in [0.1, 0.15) is 69.2 Å². The fourth-order valence-electron chi connectivity index (χ4n) is 4.49. The second-order valence-corrected chi connectivity index (χ2v) is 10.6. The standard InChI is InChI=1S/C27H33F2N5O2.C3H8/c1-17-6-4-5-7-19(17)15-31-26(36)27(2,3)34-16-24(33-34)32-25(35)10-11-30-21-9-8-18-12-20(28)13-23(29)22(18)14-21;1-3-2/h4-7,12-13,16,21,30,33H,8-11,14-15H2,1-3H3,(H,31,36)(H,32,35);3H2,1-2H3. The van der Waals surface area contributed by atoms with E-state index in [4.69, 9.17) is 0 Å². The Kier molecular flexibility index (Phi) is 10.5. The quantitative estimate of drug-likeness (QED) is 0.295. The van der Waals surface area contributed by atoms with Gasteiger partial charge in [0.15, 0.2) is 0 Å². The van der Waals surface area contributed by atoms with Crippen LogP contribution in [0.2, 0.25) is 0 Å². The van der Waals surface area contributed by atoms with Crippen molar-refractivity contribution in [2.75, 3.05) is 11.9 Å². The Hall–Kier alpha value is -3.46. The molecule has 9 heteroatoms. The van der Waals surface area contributed by atoms with Crippen LogP contribution in [-0.4, -0.2) is 34.2 Å². The summed E-state index contributed by atoms with van der Waals surface area (Å²) < 4.78 is 29.1. The van der Waals surface area contributed by atoms with Crippen molar-refractivity contribution in [2.24, 2.45) is 0 Å². The molecular weight excluding hydrogens is 500 g/mol. The SMILES string of the molecule is CCC.Cc1ccccc1CNC(=O)C(C)(C)n1cc(NC(=O)CCNC2CCc3cc(F)cc(F)c3C2)[nH]1. The van der Waals surface area contributed by atoms with Gasteiger partial charge in [-0.05, 0) is 68.4 Å². The third kappa shape index (κ3) is 8.02. The van der Waals surface area contributed by atoms with Gasteiger partial charge in [-0.1, -0.05) is 44.5 Å². The minimum Gasteiger partial charge on any atom is -0.350 e. The van der Waals surface area contributed by atoms with Crippen molar-refractivity contribution in [2.45, 2.75) is 84.8 Å². The van der Waals surface area contributed by atoms with Gasteiger partial charge in [-0.2, -0.15) is 0 Å². The van der Waals surface area contributed by atoms with Crippen molar-refractivity contribution in [1.82, 2.24) is 20.4 Å². The van der Waals surface area contributed by atoms with Crippen LogP contribution in [-0.2, 0) is 34.5 Å². The molecule has 7 nitrogen and oxygen atoms in total. The zero-order chi connectivity index (χ0) is 28.6. The van der Waals surface area contributed by atoms with Gasteiger partial charge in [0, 0.05) is 31.6 Å². The summed E-state index contributed by atoms with van der Waals surface area (Å²) in [6, 6.07) is 10.3. The Labute approximate surface area is 229 Å². The Bertz CT molecular complexity index is 1250. The number of nitrogens with zero attached hydrogens (tertiary/aromatic N) is 1. The van der Waals surface area contributed by atoms with E-state index in [0.717, 1.165) is 29.2 Å². The normalized spacial score (nSPS) is 14.7. The topological polar surface area (TPSA) is 90.9 Å². The molecule has 0 aliphatic heterocycles. The van der Waals surface area contributed by atoms with Crippen molar-refractivity contribution < 1.29 is 18.4 Å². The molecule has 212 valence electrons. The molecule has 1 aromatic heterocycles. The molecule has 39 heavy (non-hydrogen) atoms. The highest BCUT2D eigenvalue weighted by Crippen LogP contribution is 2.25. The molecule has 0 saturated carbocycles. The van der Waals surface area contributed by atoms with Crippen LogP contribution in [0.5, 0.6) is 0 Å². The lowest BCUT2D eigenvalue weighted by molar-refractivity contribution is -0.129. The molecule has 3 aromatic rings. The Morgan fingerprint density at radius 1 is 1.15 bits per heavy atom. The average Bonchev–Trinajstić information content (AvgIpc) is 2.86. The van der Waals surface area contributed by atoms with E-state index in [-0.39, 0.29) is 24.3 Å². The number of hydrogen-bond donors (Lipinski definition) is 4. The lowest BCUT2D eigenvalue weighted by Crippen LogP contribution is -2.46. The van der Waals surface area contributed by atoms with Crippen LogP contribution in [0.4, 0.5) is 14.6 Å². The van der Waals surface area contributed by atoms with E-state index in [0.29, 0.717) is 37.3 Å². The van der Waals surface area contributed by atoms with Crippen LogP contribution in [0.25, 0.3) is 0 Å². The molecule has 1 atom stereocenters. The summed E-state index contributed by atoms with van der Waals surface area (Å²) in [7, 11) is 0. The van der Waals surface area contributed by atoms with Crippen LogP contribution < -0.4 is 16.0 Å². The monoisotopic (exact) mass is 541 g/mol. The van der Waals surface area contributed by atoms with Gasteiger partial charge >= 0.3 is 0 Å². The van der Waals surface area contributed by atoms with E-state index in [2.05, 4.69) is 34.9 Å². The first-order chi connectivity index (χ1) is 18.5. The number of carbonyl (C=O) groups excluding carboxylic acids is 2. The smallest absolute Gasteiger partial charge is 0.247 e. The maximum atomic E-state index is 14.1. The summed E-state index contributed by atoms with van der Waals surface area (Å²) in [5.41, 5.74) is 2.61. The van der Waals surface area contributed by atoms with E-state index < -0.39 is 17.2 Å². The van der Waals surface area contributed by atoms with Gasteiger partial charge < -0.3 is 16.0 Å². The molecule has 0 fully saturated rings. The van der Waals surface area contributed by atoms with Gasteiger partial charge in [-0.3, -0.25) is 19.4 Å². The van der Waals surface area contributed by atoms with Crippen LogP contribution in [0.15, 0.2) is 42.6 Å².